The highest BCUT2D eigenvalue weighted by Crippen LogP contribution is 2.54. The first-order chi connectivity index (χ1) is 31.3. The average Bonchev–Trinajstić information content (AvgIpc) is 3.83. The quantitative estimate of drug-likeness (QED) is 0.176. The minimum absolute atomic E-state index is 0.134. The Morgan fingerprint density at radius 1 is 0.266 bits per heavy atom. The van der Waals surface area contributed by atoms with E-state index in [1.807, 2.05) is 0 Å². The second-order valence-electron chi connectivity index (χ2n) is 18.6. The predicted molar refractivity (Wildman–Crippen MR) is 269 cm³/mol. The van der Waals surface area contributed by atoms with Crippen molar-refractivity contribution in [2.24, 2.45) is 0 Å². The molecule has 64 heavy (non-hydrogen) atoms. The topological polar surface area (TPSA) is 16.3 Å². The fourth-order valence-electron chi connectivity index (χ4n) is 11.4. The number of para-hydroxylation sites is 6. The normalized spacial score (nSPS) is 14.8. The van der Waals surface area contributed by atoms with E-state index < -0.39 is 0 Å². The molecule has 2 aliphatic rings. The molecule has 0 fully saturated rings. The van der Waals surface area contributed by atoms with Crippen LogP contribution in [0.2, 0.25) is 0 Å². The lowest BCUT2D eigenvalue weighted by molar-refractivity contribution is 0.632. The number of anilines is 6. The molecule has 0 unspecified atom stereocenters. The van der Waals surface area contributed by atoms with Crippen molar-refractivity contribution in [2.75, 3.05) is 9.80 Å². The van der Waals surface area contributed by atoms with E-state index in [0.717, 1.165) is 22.7 Å². The van der Waals surface area contributed by atoms with Crippen molar-refractivity contribution < 1.29 is 0 Å². The van der Waals surface area contributed by atoms with E-state index in [1.54, 1.807) is 0 Å². The van der Waals surface area contributed by atoms with E-state index in [0.29, 0.717) is 0 Å². The molecule has 11 aromatic rings. The maximum atomic E-state index is 2.47. The molecule has 4 nitrogen and oxygen atoms in total. The summed E-state index contributed by atoms with van der Waals surface area (Å²) >= 11 is 0. The molecule has 0 atom stereocenters. The minimum atomic E-state index is -0.134. The van der Waals surface area contributed by atoms with Gasteiger partial charge in [0, 0.05) is 55.1 Å². The van der Waals surface area contributed by atoms with Gasteiger partial charge in [0.25, 0.3) is 0 Å². The molecule has 0 N–H and O–H groups in total. The molecule has 0 saturated heterocycles. The monoisotopic (exact) mass is 822 g/mol. The number of fused-ring (bicyclic) bond motifs is 10. The van der Waals surface area contributed by atoms with Crippen LogP contribution in [0.3, 0.4) is 0 Å². The minimum Gasteiger partial charge on any atom is -0.310 e. The summed E-state index contributed by atoms with van der Waals surface area (Å²) in [4.78, 5) is 4.94. The number of rotatable bonds is 4. The van der Waals surface area contributed by atoms with Gasteiger partial charge in [0.1, 0.15) is 0 Å². The molecule has 0 amide bonds. The maximum Gasteiger partial charge on any atom is 0.0548 e. The van der Waals surface area contributed by atoms with Crippen LogP contribution >= 0.6 is 0 Å². The highest BCUT2D eigenvalue weighted by atomic mass is 15.2. The number of aromatic nitrogens is 2. The zero-order chi connectivity index (χ0) is 42.9. The summed E-state index contributed by atoms with van der Waals surface area (Å²) in [6.45, 7) is 9.40. The summed E-state index contributed by atoms with van der Waals surface area (Å²) in [5, 5.41) is 4.86. The molecule has 9 aromatic carbocycles. The Kier molecular flexibility index (Phi) is 7.67. The largest absolute Gasteiger partial charge is 0.310 e. The van der Waals surface area contributed by atoms with Crippen molar-refractivity contribution in [3.05, 3.63) is 229 Å². The molecular formula is C60H46N4. The van der Waals surface area contributed by atoms with Gasteiger partial charge in [0.15, 0.2) is 0 Å². The van der Waals surface area contributed by atoms with Crippen molar-refractivity contribution >= 4 is 77.7 Å². The van der Waals surface area contributed by atoms with Gasteiger partial charge < -0.3 is 18.9 Å². The third kappa shape index (κ3) is 5.05. The average molecular weight is 823 g/mol. The van der Waals surface area contributed by atoms with Crippen molar-refractivity contribution in [1.29, 1.82) is 0 Å². The zero-order valence-electron chi connectivity index (χ0n) is 36.4. The van der Waals surface area contributed by atoms with Gasteiger partial charge in [-0.2, -0.15) is 0 Å². The zero-order valence-corrected chi connectivity index (χ0v) is 36.4. The van der Waals surface area contributed by atoms with Crippen LogP contribution in [-0.4, -0.2) is 9.13 Å². The van der Waals surface area contributed by atoms with Gasteiger partial charge in [-0.15, -0.1) is 0 Å². The van der Waals surface area contributed by atoms with Gasteiger partial charge in [0.05, 0.1) is 44.8 Å². The Labute approximate surface area is 373 Å². The summed E-state index contributed by atoms with van der Waals surface area (Å²) in [5.41, 5.74) is 19.2. The van der Waals surface area contributed by atoms with Gasteiger partial charge >= 0.3 is 0 Å². The van der Waals surface area contributed by atoms with Crippen LogP contribution < -0.4 is 9.80 Å². The van der Waals surface area contributed by atoms with Crippen molar-refractivity contribution in [3.8, 4) is 11.4 Å². The fraction of sp³-hybridized carbons (Fsp3) is 0.100. The van der Waals surface area contributed by atoms with E-state index >= 15 is 0 Å². The van der Waals surface area contributed by atoms with Crippen LogP contribution in [0, 0.1) is 0 Å². The number of benzene rings is 9. The summed E-state index contributed by atoms with van der Waals surface area (Å²) in [7, 11) is 0. The first kappa shape index (κ1) is 36.8. The molecule has 0 spiro atoms. The van der Waals surface area contributed by atoms with Crippen LogP contribution in [0.1, 0.15) is 49.9 Å². The second kappa shape index (κ2) is 13.3. The van der Waals surface area contributed by atoms with Crippen molar-refractivity contribution in [2.45, 2.75) is 38.5 Å². The number of hydrogen-bond donors (Lipinski definition) is 0. The Hall–Kier alpha value is -7.82. The lowest BCUT2D eigenvalue weighted by atomic mass is 9.73. The van der Waals surface area contributed by atoms with Crippen LogP contribution in [0.5, 0.6) is 0 Å². The van der Waals surface area contributed by atoms with Crippen molar-refractivity contribution in [3.63, 3.8) is 0 Å². The predicted octanol–water partition coefficient (Wildman–Crippen LogP) is 16.1. The number of hydrogen-bond acceptors (Lipinski definition) is 2. The molecular weight excluding hydrogens is 777 g/mol. The first-order valence-electron chi connectivity index (χ1n) is 22.4. The maximum absolute atomic E-state index is 2.47. The van der Waals surface area contributed by atoms with Gasteiger partial charge in [-0.25, -0.2) is 0 Å². The Balaban J connectivity index is 1.10. The third-order valence-electron chi connectivity index (χ3n) is 14.4. The molecule has 306 valence electrons. The summed E-state index contributed by atoms with van der Waals surface area (Å²) < 4.78 is 4.92. The summed E-state index contributed by atoms with van der Waals surface area (Å²) in [5.74, 6) is 0. The Bertz CT molecular complexity index is 3340. The molecule has 4 heteroatoms. The van der Waals surface area contributed by atoms with Gasteiger partial charge in [-0.1, -0.05) is 137 Å². The van der Waals surface area contributed by atoms with Crippen LogP contribution in [0.15, 0.2) is 206 Å². The molecule has 0 bridgehead atoms. The molecule has 0 radical (unpaired) electrons. The molecule has 2 aliphatic heterocycles. The second-order valence-corrected chi connectivity index (χ2v) is 18.6. The van der Waals surface area contributed by atoms with Gasteiger partial charge in [0.2, 0.25) is 0 Å². The van der Waals surface area contributed by atoms with E-state index in [2.05, 4.69) is 253 Å². The van der Waals surface area contributed by atoms with Crippen LogP contribution in [0.25, 0.3) is 55.0 Å². The fourth-order valence-corrected chi connectivity index (χ4v) is 11.4. The Morgan fingerprint density at radius 2 is 0.562 bits per heavy atom. The highest BCUT2D eigenvalue weighted by Gasteiger charge is 2.38. The van der Waals surface area contributed by atoms with Gasteiger partial charge in [-0.3, -0.25) is 0 Å². The molecule has 13 rings (SSSR count). The summed E-state index contributed by atoms with van der Waals surface area (Å²) in [6, 6.07) is 76.5. The summed E-state index contributed by atoms with van der Waals surface area (Å²) in [6.07, 6.45) is 0. The molecule has 2 aromatic heterocycles. The van der Waals surface area contributed by atoms with E-state index in [4.69, 9.17) is 0 Å². The van der Waals surface area contributed by atoms with Crippen LogP contribution in [-0.2, 0) is 10.8 Å². The smallest absolute Gasteiger partial charge is 0.0548 e. The first-order valence-corrected chi connectivity index (χ1v) is 22.4. The van der Waals surface area contributed by atoms with Crippen LogP contribution in [0.4, 0.5) is 34.1 Å². The number of nitrogens with zero attached hydrogens (tertiary/aromatic N) is 4. The lowest BCUT2D eigenvalue weighted by Gasteiger charge is -2.42. The molecule has 4 heterocycles. The molecule has 0 aliphatic carbocycles. The lowest BCUT2D eigenvalue weighted by Crippen LogP contribution is -2.30. The van der Waals surface area contributed by atoms with Gasteiger partial charge in [-0.05, 0) is 119 Å². The Morgan fingerprint density at radius 3 is 0.906 bits per heavy atom. The van der Waals surface area contributed by atoms with E-state index in [-0.39, 0.29) is 10.8 Å². The standard InChI is InChI=1S/C60H46N4/c1-59(2)47-23-11-15-27-53(47)63(54-28-16-12-24-48(54)59)41-31-33-51-43(35-41)45-37-58-46(38-57(45)61(51)39-19-7-5-8-20-39)44-36-42(32-34-52(44)62(58)40-21-9-6-10-22-40)64-55-29-17-13-25-49(55)60(3,4)50-26-14-18-30-56(50)64/h5-38H,1-4H3. The van der Waals surface area contributed by atoms with E-state index in [1.165, 1.54) is 88.6 Å². The third-order valence-corrected chi connectivity index (χ3v) is 14.4. The van der Waals surface area contributed by atoms with E-state index in [9.17, 15) is 0 Å². The van der Waals surface area contributed by atoms with Crippen molar-refractivity contribution in [1.82, 2.24) is 9.13 Å². The SMILES string of the molecule is CC1(C)c2ccccc2N(c2ccc3c(c2)c2cc4c(cc2n3-c2ccccc2)c2cc(N3c5ccccc5C(C)(C)c5ccccc53)ccc2n4-c2ccccc2)c2ccccc21. The molecule has 0 saturated carbocycles. The highest BCUT2D eigenvalue weighted by molar-refractivity contribution is 6.20.